The maximum Gasteiger partial charge on any atom is 0.323 e. The number of carbonyl (C=O) groups excluding carboxylic acids is 3. The van der Waals surface area contributed by atoms with Crippen molar-refractivity contribution >= 4 is 29.3 Å². The molecule has 2 N–H and O–H groups in total. The average molecular weight is 395 g/mol. The van der Waals surface area contributed by atoms with Crippen LogP contribution in [0.15, 0.2) is 54.6 Å². The Bertz CT molecular complexity index is 852. The standard InChI is InChI=1S/C22H25N3O4/c1-2-29-21(27)17-7-6-14-25(15-17)20(26)16-10-12-19(13-11-16)24-22(28)23-18-8-4-3-5-9-18/h3-5,8-13,17H,2,6-7,14-15H2,1H3,(H2,23,24,28). The Morgan fingerprint density at radius 2 is 1.66 bits per heavy atom. The number of hydrogen-bond donors (Lipinski definition) is 2. The highest BCUT2D eigenvalue weighted by Crippen LogP contribution is 2.21. The predicted molar refractivity (Wildman–Crippen MR) is 111 cm³/mol. The molecule has 1 aliphatic rings. The Kier molecular flexibility index (Phi) is 6.84. The molecule has 0 radical (unpaired) electrons. The summed E-state index contributed by atoms with van der Waals surface area (Å²) in [6.45, 7) is 3.11. The highest BCUT2D eigenvalue weighted by Gasteiger charge is 2.29. The molecule has 2 aromatic carbocycles. The molecule has 152 valence electrons. The largest absolute Gasteiger partial charge is 0.466 e. The van der Waals surface area contributed by atoms with Crippen molar-refractivity contribution in [2.24, 2.45) is 5.92 Å². The molecular formula is C22H25N3O4. The summed E-state index contributed by atoms with van der Waals surface area (Å²) in [5, 5.41) is 5.47. The van der Waals surface area contributed by atoms with Gasteiger partial charge >= 0.3 is 12.0 Å². The van der Waals surface area contributed by atoms with Gasteiger partial charge in [0.25, 0.3) is 5.91 Å². The lowest BCUT2D eigenvalue weighted by molar-refractivity contribution is -0.149. The number of nitrogens with one attached hydrogen (secondary N) is 2. The van der Waals surface area contributed by atoms with Crippen LogP contribution in [0, 0.1) is 5.92 Å². The lowest BCUT2D eigenvalue weighted by Crippen LogP contribution is -2.42. The Hall–Kier alpha value is -3.35. The smallest absolute Gasteiger partial charge is 0.323 e. The summed E-state index contributed by atoms with van der Waals surface area (Å²) in [6.07, 6.45) is 1.51. The zero-order valence-corrected chi connectivity index (χ0v) is 16.4. The summed E-state index contributed by atoms with van der Waals surface area (Å²) < 4.78 is 5.09. The molecule has 0 aliphatic carbocycles. The molecule has 29 heavy (non-hydrogen) atoms. The second kappa shape index (κ2) is 9.73. The molecule has 0 bridgehead atoms. The molecular weight excluding hydrogens is 370 g/mol. The van der Waals surface area contributed by atoms with Crippen molar-refractivity contribution in [2.45, 2.75) is 19.8 Å². The fourth-order valence-corrected chi connectivity index (χ4v) is 3.31. The van der Waals surface area contributed by atoms with Gasteiger partial charge in [0.2, 0.25) is 0 Å². The third-order valence-electron chi connectivity index (χ3n) is 4.75. The summed E-state index contributed by atoms with van der Waals surface area (Å²) in [4.78, 5) is 38.5. The lowest BCUT2D eigenvalue weighted by atomic mass is 9.97. The van der Waals surface area contributed by atoms with E-state index in [2.05, 4.69) is 10.6 Å². The van der Waals surface area contributed by atoms with Gasteiger partial charge in [-0.3, -0.25) is 9.59 Å². The van der Waals surface area contributed by atoms with Crippen LogP contribution < -0.4 is 10.6 Å². The number of nitrogens with zero attached hydrogens (tertiary/aromatic N) is 1. The number of rotatable bonds is 5. The number of para-hydroxylation sites is 1. The van der Waals surface area contributed by atoms with E-state index in [1.807, 2.05) is 18.2 Å². The molecule has 7 heteroatoms. The average Bonchev–Trinajstić information content (AvgIpc) is 2.75. The van der Waals surface area contributed by atoms with Gasteiger partial charge in [-0.25, -0.2) is 4.79 Å². The summed E-state index contributed by atoms with van der Waals surface area (Å²) in [5.74, 6) is -0.636. The second-order valence-electron chi connectivity index (χ2n) is 6.86. The van der Waals surface area contributed by atoms with Crippen LogP contribution in [0.4, 0.5) is 16.2 Å². The third-order valence-corrected chi connectivity index (χ3v) is 4.75. The Labute approximate surface area is 170 Å². The van der Waals surface area contributed by atoms with Gasteiger partial charge in [-0.15, -0.1) is 0 Å². The molecule has 1 aliphatic heterocycles. The van der Waals surface area contributed by atoms with Gasteiger partial charge in [0.15, 0.2) is 0 Å². The molecule has 3 amide bonds. The SMILES string of the molecule is CCOC(=O)C1CCCN(C(=O)c2ccc(NC(=O)Nc3ccccc3)cc2)C1. The first-order valence-corrected chi connectivity index (χ1v) is 9.76. The van der Waals surface area contributed by atoms with Crippen molar-refractivity contribution in [1.82, 2.24) is 4.90 Å². The van der Waals surface area contributed by atoms with E-state index in [4.69, 9.17) is 4.74 Å². The van der Waals surface area contributed by atoms with Crippen LogP contribution in [0.5, 0.6) is 0 Å². The summed E-state index contributed by atoms with van der Waals surface area (Å²) in [5.41, 5.74) is 1.79. The second-order valence-corrected chi connectivity index (χ2v) is 6.86. The zero-order chi connectivity index (χ0) is 20.6. The maximum absolute atomic E-state index is 12.8. The van der Waals surface area contributed by atoms with Crippen LogP contribution in [0.1, 0.15) is 30.1 Å². The molecule has 1 atom stereocenters. The van der Waals surface area contributed by atoms with E-state index in [9.17, 15) is 14.4 Å². The van der Waals surface area contributed by atoms with Crippen molar-refractivity contribution in [3.63, 3.8) is 0 Å². The molecule has 2 aromatic rings. The monoisotopic (exact) mass is 395 g/mol. The first-order valence-electron chi connectivity index (χ1n) is 9.76. The fourth-order valence-electron chi connectivity index (χ4n) is 3.31. The third kappa shape index (κ3) is 5.57. The number of hydrogen-bond acceptors (Lipinski definition) is 4. The quantitative estimate of drug-likeness (QED) is 0.755. The van der Waals surface area contributed by atoms with Crippen LogP contribution in [-0.2, 0) is 9.53 Å². The van der Waals surface area contributed by atoms with Gasteiger partial charge in [-0.05, 0) is 56.2 Å². The van der Waals surface area contributed by atoms with E-state index in [0.29, 0.717) is 36.6 Å². The number of amides is 3. The first kappa shape index (κ1) is 20.4. The molecule has 1 unspecified atom stereocenters. The molecule has 0 saturated carbocycles. The highest BCUT2D eigenvalue weighted by molar-refractivity contribution is 6.00. The molecule has 0 aromatic heterocycles. The van der Waals surface area contributed by atoms with Crippen molar-refractivity contribution in [1.29, 1.82) is 0 Å². The van der Waals surface area contributed by atoms with Crippen molar-refractivity contribution in [3.8, 4) is 0 Å². The first-order chi connectivity index (χ1) is 14.1. The number of carbonyl (C=O) groups is 3. The molecule has 0 spiro atoms. The summed E-state index contributed by atoms with van der Waals surface area (Å²) >= 11 is 0. The van der Waals surface area contributed by atoms with Crippen LogP contribution in [0.2, 0.25) is 0 Å². The Morgan fingerprint density at radius 1 is 1.00 bits per heavy atom. The van der Waals surface area contributed by atoms with Gasteiger partial charge in [-0.2, -0.15) is 0 Å². The van der Waals surface area contributed by atoms with E-state index < -0.39 is 0 Å². The van der Waals surface area contributed by atoms with Gasteiger partial charge in [-0.1, -0.05) is 18.2 Å². The van der Waals surface area contributed by atoms with Crippen molar-refractivity contribution in [2.75, 3.05) is 30.3 Å². The maximum atomic E-state index is 12.8. The van der Waals surface area contributed by atoms with Crippen molar-refractivity contribution < 1.29 is 19.1 Å². The number of benzene rings is 2. The van der Waals surface area contributed by atoms with Crippen LogP contribution in [0.25, 0.3) is 0 Å². The van der Waals surface area contributed by atoms with E-state index in [1.54, 1.807) is 48.2 Å². The highest BCUT2D eigenvalue weighted by atomic mass is 16.5. The summed E-state index contributed by atoms with van der Waals surface area (Å²) in [7, 11) is 0. The lowest BCUT2D eigenvalue weighted by Gasteiger charge is -2.31. The van der Waals surface area contributed by atoms with Gasteiger partial charge in [0.05, 0.1) is 12.5 Å². The van der Waals surface area contributed by atoms with Crippen LogP contribution in [-0.4, -0.2) is 42.5 Å². The minimum absolute atomic E-state index is 0.126. The van der Waals surface area contributed by atoms with Gasteiger partial charge in [0, 0.05) is 30.0 Å². The number of likely N-dealkylation sites (tertiary alicyclic amines) is 1. The van der Waals surface area contributed by atoms with E-state index in [1.165, 1.54) is 0 Å². The van der Waals surface area contributed by atoms with E-state index in [0.717, 1.165) is 12.8 Å². The molecule has 1 heterocycles. The van der Waals surface area contributed by atoms with Gasteiger partial charge in [0.1, 0.15) is 0 Å². The zero-order valence-electron chi connectivity index (χ0n) is 16.4. The predicted octanol–water partition coefficient (Wildman–Crippen LogP) is 3.75. The number of anilines is 2. The minimum atomic E-state index is -0.358. The van der Waals surface area contributed by atoms with Crippen LogP contribution in [0.3, 0.4) is 0 Å². The van der Waals surface area contributed by atoms with Crippen LogP contribution >= 0.6 is 0 Å². The normalized spacial score (nSPS) is 16.0. The molecule has 7 nitrogen and oxygen atoms in total. The van der Waals surface area contributed by atoms with Crippen molar-refractivity contribution in [3.05, 3.63) is 60.2 Å². The number of piperidine rings is 1. The number of ether oxygens (including phenoxy) is 1. The Morgan fingerprint density at radius 3 is 2.31 bits per heavy atom. The number of esters is 1. The Balaban J connectivity index is 1.57. The molecule has 1 saturated heterocycles. The number of urea groups is 1. The topological polar surface area (TPSA) is 87.7 Å². The fraction of sp³-hybridized carbons (Fsp3) is 0.318. The minimum Gasteiger partial charge on any atom is -0.466 e. The molecule has 3 rings (SSSR count). The van der Waals surface area contributed by atoms with E-state index >= 15 is 0 Å². The molecule has 1 fully saturated rings. The van der Waals surface area contributed by atoms with Gasteiger partial charge < -0.3 is 20.3 Å². The van der Waals surface area contributed by atoms with E-state index in [-0.39, 0.29) is 23.8 Å². The summed E-state index contributed by atoms with van der Waals surface area (Å²) in [6, 6.07) is 15.5.